The van der Waals surface area contributed by atoms with E-state index in [-0.39, 0.29) is 11.3 Å². The maximum atomic E-state index is 14.1. The third-order valence-electron chi connectivity index (χ3n) is 3.00. The zero-order valence-electron chi connectivity index (χ0n) is 11.3. The lowest BCUT2D eigenvalue weighted by atomic mass is 10.1. The second kappa shape index (κ2) is 5.69. The van der Waals surface area contributed by atoms with Crippen LogP contribution in [0.4, 0.5) is 15.8 Å². The minimum absolute atomic E-state index is 0.308. The normalized spacial score (nSPS) is 10.5. The van der Waals surface area contributed by atoms with Gasteiger partial charge >= 0.3 is 5.97 Å². The first-order valence-corrected chi connectivity index (χ1v) is 6.76. The summed E-state index contributed by atoms with van der Waals surface area (Å²) in [5, 5.41) is 11.9. The van der Waals surface area contributed by atoms with E-state index in [1.54, 1.807) is 25.1 Å². The number of rotatable bonds is 3. The van der Waals surface area contributed by atoms with Crippen LogP contribution in [0.3, 0.4) is 0 Å². The van der Waals surface area contributed by atoms with Crippen LogP contribution in [0.25, 0.3) is 0 Å². The Hall–Kier alpha value is -2.15. The van der Waals surface area contributed by atoms with Crippen molar-refractivity contribution < 1.29 is 14.3 Å². The third-order valence-corrected chi connectivity index (χ3v) is 3.49. The van der Waals surface area contributed by atoms with Crippen LogP contribution < -0.4 is 10.9 Å². The van der Waals surface area contributed by atoms with Gasteiger partial charge in [0.25, 0.3) is 5.56 Å². The fourth-order valence-corrected chi connectivity index (χ4v) is 2.36. The molecular weight excluding hydrogens is 343 g/mol. The molecule has 0 saturated carbocycles. The van der Waals surface area contributed by atoms with Crippen LogP contribution in [-0.4, -0.2) is 15.6 Å². The Morgan fingerprint density at radius 1 is 1.43 bits per heavy atom. The first-order valence-electron chi connectivity index (χ1n) is 5.97. The molecule has 0 amide bonds. The summed E-state index contributed by atoms with van der Waals surface area (Å²) in [6, 6.07) is 5.19. The highest BCUT2D eigenvalue weighted by Crippen LogP contribution is 2.26. The van der Waals surface area contributed by atoms with E-state index in [1.807, 2.05) is 0 Å². The number of aromatic carboxylic acids is 1. The molecule has 21 heavy (non-hydrogen) atoms. The van der Waals surface area contributed by atoms with Gasteiger partial charge in [0.05, 0.1) is 5.69 Å². The fourth-order valence-electron chi connectivity index (χ4n) is 1.88. The summed E-state index contributed by atoms with van der Waals surface area (Å²) in [6.07, 6.45) is 1.09. The number of pyridine rings is 1. The molecule has 2 aromatic rings. The molecule has 0 atom stereocenters. The lowest BCUT2D eigenvalue weighted by Crippen LogP contribution is -2.24. The number of hydrogen-bond acceptors (Lipinski definition) is 3. The number of nitrogens with zero attached hydrogens (tertiary/aromatic N) is 1. The maximum absolute atomic E-state index is 14.1. The summed E-state index contributed by atoms with van der Waals surface area (Å²) in [5.74, 6) is -2.44. The molecule has 0 bridgehead atoms. The zero-order valence-corrected chi connectivity index (χ0v) is 12.9. The highest BCUT2D eigenvalue weighted by Gasteiger charge is 2.20. The quantitative estimate of drug-likeness (QED) is 0.888. The van der Waals surface area contributed by atoms with Crippen molar-refractivity contribution in [3.05, 3.63) is 56.2 Å². The van der Waals surface area contributed by atoms with Crippen LogP contribution in [0, 0.1) is 12.7 Å². The highest BCUT2D eigenvalue weighted by molar-refractivity contribution is 9.10. The Labute approximate surface area is 128 Å². The molecule has 0 saturated heterocycles. The van der Waals surface area contributed by atoms with Crippen LogP contribution in [0.5, 0.6) is 0 Å². The van der Waals surface area contributed by atoms with Crippen molar-refractivity contribution >= 4 is 33.3 Å². The van der Waals surface area contributed by atoms with Gasteiger partial charge in [0.2, 0.25) is 5.82 Å². The standard InChI is InChI=1S/C14H12BrFN2O3/c1-7-5-8(15)3-4-10(7)17-12-9(14(20)21)6-18(2)13(19)11(12)16/h3-6,17H,1-2H3,(H,20,21). The minimum atomic E-state index is -1.32. The number of anilines is 2. The van der Waals surface area contributed by atoms with Crippen LogP contribution in [0.15, 0.2) is 33.7 Å². The summed E-state index contributed by atoms with van der Waals surface area (Å²) in [5.41, 5.74) is -0.237. The van der Waals surface area contributed by atoms with Gasteiger partial charge in [-0.3, -0.25) is 4.79 Å². The molecular formula is C14H12BrFN2O3. The number of benzene rings is 1. The van der Waals surface area contributed by atoms with E-state index in [4.69, 9.17) is 5.11 Å². The lowest BCUT2D eigenvalue weighted by Gasteiger charge is -2.14. The van der Waals surface area contributed by atoms with Gasteiger partial charge in [0.1, 0.15) is 5.56 Å². The van der Waals surface area contributed by atoms with E-state index < -0.39 is 17.3 Å². The molecule has 1 aromatic heterocycles. The number of halogens is 2. The van der Waals surface area contributed by atoms with E-state index in [0.29, 0.717) is 5.69 Å². The van der Waals surface area contributed by atoms with Crippen LogP contribution in [0.2, 0.25) is 0 Å². The van der Waals surface area contributed by atoms with Gasteiger partial charge in [-0.15, -0.1) is 0 Å². The van der Waals surface area contributed by atoms with E-state index in [1.165, 1.54) is 7.05 Å². The van der Waals surface area contributed by atoms with Crippen molar-refractivity contribution in [3.8, 4) is 0 Å². The maximum Gasteiger partial charge on any atom is 0.339 e. The first-order chi connectivity index (χ1) is 9.81. The van der Waals surface area contributed by atoms with Crippen LogP contribution in [0.1, 0.15) is 15.9 Å². The average molecular weight is 355 g/mol. The Morgan fingerprint density at radius 2 is 2.10 bits per heavy atom. The lowest BCUT2D eigenvalue weighted by molar-refractivity contribution is 0.0696. The number of carboxylic acid groups (broad SMARTS) is 1. The zero-order chi connectivity index (χ0) is 15.7. The number of aryl methyl sites for hydroxylation is 2. The second-order valence-electron chi connectivity index (χ2n) is 4.54. The molecule has 7 heteroatoms. The summed E-state index contributed by atoms with van der Waals surface area (Å²) in [6.45, 7) is 1.78. The third kappa shape index (κ3) is 2.97. The molecule has 0 unspecified atom stereocenters. The van der Waals surface area contributed by atoms with E-state index in [0.717, 1.165) is 20.8 Å². The SMILES string of the molecule is Cc1cc(Br)ccc1Nc1c(C(=O)O)cn(C)c(=O)c1F. The van der Waals surface area contributed by atoms with Crippen molar-refractivity contribution in [3.63, 3.8) is 0 Å². The first kappa shape index (κ1) is 15.2. The number of nitrogens with one attached hydrogen (secondary N) is 1. The Morgan fingerprint density at radius 3 is 2.67 bits per heavy atom. The predicted octanol–water partition coefficient (Wildman–Crippen LogP) is 3.04. The minimum Gasteiger partial charge on any atom is -0.478 e. The summed E-state index contributed by atoms with van der Waals surface area (Å²) >= 11 is 3.31. The molecule has 110 valence electrons. The molecule has 1 aromatic carbocycles. The predicted molar refractivity (Wildman–Crippen MR) is 80.8 cm³/mol. The molecule has 0 fully saturated rings. The van der Waals surface area contributed by atoms with Gasteiger partial charge in [-0.05, 0) is 30.7 Å². The molecule has 2 N–H and O–H groups in total. The van der Waals surface area contributed by atoms with Gasteiger partial charge in [-0.1, -0.05) is 15.9 Å². The highest BCUT2D eigenvalue weighted by atomic mass is 79.9. The molecule has 1 heterocycles. The van der Waals surface area contributed by atoms with Gasteiger partial charge in [0.15, 0.2) is 0 Å². The average Bonchev–Trinajstić information content (AvgIpc) is 2.41. The van der Waals surface area contributed by atoms with E-state index >= 15 is 0 Å². The number of carbonyl (C=O) groups is 1. The van der Waals surface area contributed by atoms with Gasteiger partial charge in [-0.25, -0.2) is 4.79 Å². The van der Waals surface area contributed by atoms with Gasteiger partial charge < -0.3 is 15.0 Å². The van der Waals surface area contributed by atoms with Gasteiger partial charge in [0, 0.05) is 23.4 Å². The number of hydrogen-bond donors (Lipinski definition) is 2. The fraction of sp³-hybridized carbons (Fsp3) is 0.143. The molecule has 0 aliphatic heterocycles. The van der Waals surface area contributed by atoms with Crippen molar-refractivity contribution in [2.75, 3.05) is 5.32 Å². The summed E-state index contributed by atoms with van der Waals surface area (Å²) in [7, 11) is 1.30. The van der Waals surface area contributed by atoms with Crippen molar-refractivity contribution in [2.24, 2.45) is 7.05 Å². The molecule has 0 spiro atoms. The van der Waals surface area contributed by atoms with E-state index in [9.17, 15) is 14.0 Å². The summed E-state index contributed by atoms with van der Waals surface area (Å²) in [4.78, 5) is 22.9. The Balaban J connectivity index is 2.60. The van der Waals surface area contributed by atoms with Crippen molar-refractivity contribution in [1.82, 2.24) is 4.57 Å². The largest absolute Gasteiger partial charge is 0.478 e. The summed E-state index contributed by atoms with van der Waals surface area (Å²) < 4.78 is 15.9. The second-order valence-corrected chi connectivity index (χ2v) is 5.45. The molecule has 0 aliphatic rings. The van der Waals surface area contributed by atoms with Crippen molar-refractivity contribution in [2.45, 2.75) is 6.92 Å². The topological polar surface area (TPSA) is 71.3 Å². The van der Waals surface area contributed by atoms with Crippen LogP contribution in [-0.2, 0) is 7.05 Å². The van der Waals surface area contributed by atoms with Crippen LogP contribution >= 0.6 is 15.9 Å². The molecule has 2 rings (SSSR count). The van der Waals surface area contributed by atoms with Crippen molar-refractivity contribution in [1.29, 1.82) is 0 Å². The smallest absolute Gasteiger partial charge is 0.339 e. The number of aromatic nitrogens is 1. The Kier molecular flexibility index (Phi) is 4.13. The molecule has 0 aliphatic carbocycles. The molecule has 0 radical (unpaired) electrons. The van der Waals surface area contributed by atoms with Gasteiger partial charge in [-0.2, -0.15) is 4.39 Å². The Bertz CT molecular complexity index is 787. The monoisotopic (exact) mass is 354 g/mol. The number of carboxylic acids is 1. The van der Waals surface area contributed by atoms with E-state index in [2.05, 4.69) is 21.2 Å². The molecule has 5 nitrogen and oxygen atoms in total.